The Morgan fingerprint density at radius 2 is 1.76 bits per heavy atom. The first-order valence-corrected chi connectivity index (χ1v) is 6.54. The van der Waals surface area contributed by atoms with E-state index in [0.29, 0.717) is 6.42 Å². The molecule has 0 aromatic rings. The number of aliphatic carboxylic acids is 1. The van der Waals surface area contributed by atoms with Crippen LogP contribution in [0.15, 0.2) is 0 Å². The maximum atomic E-state index is 11.7. The highest BCUT2D eigenvalue weighted by Gasteiger charge is 2.28. The number of rotatable bonds is 9. The summed E-state index contributed by atoms with van der Waals surface area (Å²) in [4.78, 5) is 44.7. The average molecular weight is 304 g/mol. The van der Waals surface area contributed by atoms with Crippen LogP contribution in [0.4, 0.5) is 0 Å². The molecular formula is C13H20O8. The molecule has 0 heterocycles. The fraction of sp³-hybridized carbons (Fsp3) is 0.692. The van der Waals surface area contributed by atoms with E-state index in [1.165, 1.54) is 6.92 Å². The number of ether oxygens (including phenoxy) is 3. The molecule has 0 radical (unpaired) electrons. The van der Waals surface area contributed by atoms with Crippen LogP contribution in [0.5, 0.6) is 0 Å². The van der Waals surface area contributed by atoms with Gasteiger partial charge in [-0.25, -0.2) is 9.59 Å². The summed E-state index contributed by atoms with van der Waals surface area (Å²) in [6.07, 6.45) is -1.94. The Balaban J connectivity index is 4.53. The highest BCUT2D eigenvalue weighted by molar-refractivity contribution is 5.85. The maximum absolute atomic E-state index is 11.7. The van der Waals surface area contributed by atoms with Crippen molar-refractivity contribution in [3.05, 3.63) is 0 Å². The molecule has 21 heavy (non-hydrogen) atoms. The summed E-state index contributed by atoms with van der Waals surface area (Å²) in [5.74, 6) is -3.91. The molecule has 0 fully saturated rings. The summed E-state index contributed by atoms with van der Waals surface area (Å²) in [6.45, 7) is 4.30. The molecule has 0 aliphatic rings. The zero-order valence-corrected chi connectivity index (χ0v) is 12.3. The Labute approximate surface area is 122 Å². The number of carbonyl (C=O) groups excluding carboxylic acids is 3. The van der Waals surface area contributed by atoms with Gasteiger partial charge in [0.05, 0.1) is 13.0 Å². The molecule has 120 valence electrons. The lowest BCUT2D eigenvalue weighted by Crippen LogP contribution is -2.33. The first-order valence-electron chi connectivity index (χ1n) is 6.54. The van der Waals surface area contributed by atoms with E-state index in [1.54, 1.807) is 0 Å². The number of hydrogen-bond acceptors (Lipinski definition) is 7. The van der Waals surface area contributed by atoms with Crippen molar-refractivity contribution in [3.8, 4) is 0 Å². The summed E-state index contributed by atoms with van der Waals surface area (Å²) in [6, 6.07) is 0. The van der Waals surface area contributed by atoms with Gasteiger partial charge in [0.15, 0.2) is 6.10 Å². The lowest BCUT2D eigenvalue weighted by Gasteiger charge is -2.16. The van der Waals surface area contributed by atoms with Gasteiger partial charge in [-0.05, 0) is 13.3 Å². The number of carboxylic acids is 1. The van der Waals surface area contributed by atoms with Gasteiger partial charge < -0.3 is 19.3 Å². The van der Waals surface area contributed by atoms with Gasteiger partial charge in [-0.3, -0.25) is 9.59 Å². The molecule has 0 saturated carbocycles. The van der Waals surface area contributed by atoms with Crippen LogP contribution in [0.2, 0.25) is 0 Å². The lowest BCUT2D eigenvalue weighted by molar-refractivity contribution is -0.174. The van der Waals surface area contributed by atoms with Crippen LogP contribution < -0.4 is 0 Å². The van der Waals surface area contributed by atoms with Crippen LogP contribution in [-0.4, -0.2) is 47.8 Å². The van der Waals surface area contributed by atoms with Crippen molar-refractivity contribution in [1.29, 1.82) is 0 Å². The van der Waals surface area contributed by atoms with Gasteiger partial charge in [0, 0.05) is 6.92 Å². The van der Waals surface area contributed by atoms with Crippen LogP contribution in [0, 0.1) is 0 Å². The van der Waals surface area contributed by atoms with Gasteiger partial charge >= 0.3 is 23.9 Å². The van der Waals surface area contributed by atoms with Crippen molar-refractivity contribution in [2.24, 2.45) is 0 Å². The van der Waals surface area contributed by atoms with E-state index in [-0.39, 0.29) is 6.61 Å². The quantitative estimate of drug-likeness (QED) is 0.375. The van der Waals surface area contributed by atoms with E-state index in [2.05, 4.69) is 4.74 Å². The molecule has 0 unspecified atom stereocenters. The molecule has 0 aromatic heterocycles. The van der Waals surface area contributed by atoms with E-state index in [1.807, 2.05) is 6.92 Å². The second-order valence-electron chi connectivity index (χ2n) is 4.29. The molecule has 0 aromatic carbocycles. The van der Waals surface area contributed by atoms with E-state index < -0.39 is 42.5 Å². The molecule has 0 amide bonds. The smallest absolute Gasteiger partial charge is 0.348 e. The molecule has 8 nitrogen and oxygen atoms in total. The van der Waals surface area contributed by atoms with Crippen LogP contribution in [0.25, 0.3) is 0 Å². The van der Waals surface area contributed by atoms with Gasteiger partial charge in [-0.15, -0.1) is 0 Å². The highest BCUT2D eigenvalue weighted by atomic mass is 16.6. The van der Waals surface area contributed by atoms with Gasteiger partial charge in [0.2, 0.25) is 6.10 Å². The van der Waals surface area contributed by atoms with E-state index in [0.717, 1.165) is 13.3 Å². The third kappa shape index (κ3) is 8.61. The summed E-state index contributed by atoms with van der Waals surface area (Å²) >= 11 is 0. The second-order valence-corrected chi connectivity index (χ2v) is 4.29. The standard InChI is InChI=1S/C13H20O8/c1-4-5-6-19-13(18)10(21-9(3)14)7-11(15)20-8(2)12(16)17/h8,10H,4-7H2,1-3H3,(H,16,17)/t8-,10-/m0/s1. The third-order valence-corrected chi connectivity index (χ3v) is 2.32. The molecule has 0 aliphatic carbocycles. The number of hydrogen-bond donors (Lipinski definition) is 1. The minimum absolute atomic E-state index is 0.147. The number of carboxylic acid groups (broad SMARTS) is 1. The summed E-state index contributed by atoms with van der Waals surface area (Å²) in [5.41, 5.74) is 0. The first-order chi connectivity index (χ1) is 9.77. The van der Waals surface area contributed by atoms with Crippen molar-refractivity contribution in [2.45, 2.75) is 52.2 Å². The monoisotopic (exact) mass is 304 g/mol. The lowest BCUT2D eigenvalue weighted by atomic mass is 10.2. The zero-order chi connectivity index (χ0) is 16.4. The van der Waals surface area contributed by atoms with Crippen molar-refractivity contribution in [3.63, 3.8) is 0 Å². The molecule has 0 rings (SSSR count). The Morgan fingerprint density at radius 3 is 2.24 bits per heavy atom. The van der Waals surface area contributed by atoms with Crippen molar-refractivity contribution < 1.29 is 38.5 Å². The van der Waals surface area contributed by atoms with Gasteiger partial charge in [0.1, 0.15) is 0 Å². The number of unbranched alkanes of at least 4 members (excludes halogenated alkanes) is 1. The van der Waals surface area contributed by atoms with E-state index in [4.69, 9.17) is 14.6 Å². The first kappa shape index (κ1) is 18.9. The Kier molecular flexibility index (Phi) is 8.75. The van der Waals surface area contributed by atoms with Crippen molar-refractivity contribution in [2.75, 3.05) is 6.61 Å². The predicted molar refractivity (Wildman–Crippen MR) is 69.2 cm³/mol. The molecule has 2 atom stereocenters. The van der Waals surface area contributed by atoms with Gasteiger partial charge in [-0.2, -0.15) is 0 Å². The fourth-order valence-corrected chi connectivity index (χ4v) is 1.23. The summed E-state index contributed by atoms with van der Waals surface area (Å²) in [7, 11) is 0. The topological polar surface area (TPSA) is 116 Å². The third-order valence-electron chi connectivity index (χ3n) is 2.32. The molecular weight excluding hydrogens is 284 g/mol. The predicted octanol–water partition coefficient (Wildman–Crippen LogP) is 0.668. The van der Waals surface area contributed by atoms with Crippen molar-refractivity contribution >= 4 is 23.9 Å². The Hall–Kier alpha value is -2.12. The SMILES string of the molecule is CCCCOC(=O)[C@H](CC(=O)O[C@@H](C)C(=O)O)OC(C)=O. The minimum atomic E-state index is -1.44. The Morgan fingerprint density at radius 1 is 1.14 bits per heavy atom. The van der Waals surface area contributed by atoms with Gasteiger partial charge in [0.25, 0.3) is 0 Å². The zero-order valence-electron chi connectivity index (χ0n) is 12.3. The van der Waals surface area contributed by atoms with E-state index >= 15 is 0 Å². The number of esters is 3. The maximum Gasteiger partial charge on any atom is 0.348 e. The molecule has 1 N–H and O–H groups in total. The normalized spacial score (nSPS) is 12.9. The summed E-state index contributed by atoms with van der Waals surface area (Å²) < 4.78 is 14.1. The largest absolute Gasteiger partial charge is 0.479 e. The van der Waals surface area contributed by atoms with E-state index in [9.17, 15) is 19.2 Å². The van der Waals surface area contributed by atoms with Crippen LogP contribution in [-0.2, 0) is 33.4 Å². The molecule has 0 bridgehead atoms. The van der Waals surface area contributed by atoms with Crippen LogP contribution >= 0.6 is 0 Å². The molecule has 0 aliphatic heterocycles. The highest BCUT2D eigenvalue weighted by Crippen LogP contribution is 2.07. The van der Waals surface area contributed by atoms with Crippen LogP contribution in [0.3, 0.4) is 0 Å². The fourth-order valence-electron chi connectivity index (χ4n) is 1.23. The summed E-state index contributed by atoms with van der Waals surface area (Å²) in [5, 5.41) is 8.61. The number of carbonyl (C=O) groups is 4. The molecule has 8 heteroatoms. The van der Waals surface area contributed by atoms with Gasteiger partial charge in [-0.1, -0.05) is 13.3 Å². The molecule has 0 spiro atoms. The average Bonchev–Trinajstić information content (AvgIpc) is 2.37. The minimum Gasteiger partial charge on any atom is -0.479 e. The Bertz CT molecular complexity index is 390. The molecule has 0 saturated heterocycles. The van der Waals surface area contributed by atoms with Crippen LogP contribution in [0.1, 0.15) is 40.0 Å². The second kappa shape index (κ2) is 9.73. The van der Waals surface area contributed by atoms with Crippen molar-refractivity contribution in [1.82, 2.24) is 0 Å².